The molecule has 19 heavy (non-hydrogen) atoms. The summed E-state index contributed by atoms with van der Waals surface area (Å²) in [6.07, 6.45) is 3.96. The third kappa shape index (κ3) is 11.9. The van der Waals surface area contributed by atoms with Gasteiger partial charge in [-0.3, -0.25) is 0 Å². The van der Waals surface area contributed by atoms with Crippen LogP contribution in [0.1, 0.15) is 39.5 Å². The summed E-state index contributed by atoms with van der Waals surface area (Å²) in [6, 6.07) is 0. The highest BCUT2D eigenvalue weighted by atomic mass is 16.7. The summed E-state index contributed by atoms with van der Waals surface area (Å²) in [6.45, 7) is 9.24. The molecule has 0 saturated carbocycles. The Labute approximate surface area is 115 Å². The van der Waals surface area contributed by atoms with Crippen LogP contribution in [-0.4, -0.2) is 39.4 Å². The Morgan fingerprint density at radius 2 is 1.58 bits per heavy atom. The first kappa shape index (κ1) is 18.1. The summed E-state index contributed by atoms with van der Waals surface area (Å²) in [4.78, 5) is 11.4. The number of unbranched alkanes of at least 4 members (excludes halogenated alkanes) is 2. The van der Waals surface area contributed by atoms with Gasteiger partial charge in [-0.1, -0.05) is 33.3 Å². The quantitative estimate of drug-likeness (QED) is 0.224. The minimum absolute atomic E-state index is 0.0768. The van der Waals surface area contributed by atoms with Gasteiger partial charge in [-0.05, 0) is 12.8 Å². The standard InChI is InChI=1S/C14H26O5/c1-4-6-8-16-11-18-12-17-10-13(3)14(15)19-9-7-5-2/h3-12H2,1-2H3. The van der Waals surface area contributed by atoms with E-state index in [4.69, 9.17) is 18.9 Å². The Morgan fingerprint density at radius 3 is 2.26 bits per heavy atom. The number of hydrogen-bond acceptors (Lipinski definition) is 5. The second kappa shape index (κ2) is 13.5. The van der Waals surface area contributed by atoms with Crippen LogP contribution in [0.5, 0.6) is 0 Å². The Morgan fingerprint density at radius 1 is 0.947 bits per heavy atom. The molecule has 5 nitrogen and oxygen atoms in total. The number of carbonyl (C=O) groups is 1. The molecule has 0 unspecified atom stereocenters. The summed E-state index contributed by atoms with van der Waals surface area (Å²) < 4.78 is 20.4. The minimum Gasteiger partial charge on any atom is -0.462 e. The molecular weight excluding hydrogens is 248 g/mol. The number of ether oxygens (including phenoxy) is 4. The molecule has 0 spiro atoms. The Kier molecular flexibility index (Phi) is 12.9. The number of hydrogen-bond donors (Lipinski definition) is 0. The van der Waals surface area contributed by atoms with E-state index in [1.807, 2.05) is 6.92 Å². The van der Waals surface area contributed by atoms with E-state index >= 15 is 0 Å². The third-order valence-corrected chi connectivity index (χ3v) is 2.27. The van der Waals surface area contributed by atoms with E-state index in [-0.39, 0.29) is 20.2 Å². The topological polar surface area (TPSA) is 54.0 Å². The minimum atomic E-state index is -0.410. The van der Waals surface area contributed by atoms with Crippen LogP contribution >= 0.6 is 0 Å². The van der Waals surface area contributed by atoms with E-state index in [0.717, 1.165) is 25.7 Å². The number of rotatable bonds is 13. The highest BCUT2D eigenvalue weighted by Gasteiger charge is 2.07. The first-order valence-corrected chi connectivity index (χ1v) is 6.80. The van der Waals surface area contributed by atoms with Crippen LogP contribution in [0.2, 0.25) is 0 Å². The zero-order valence-electron chi connectivity index (χ0n) is 12.1. The summed E-state index contributed by atoms with van der Waals surface area (Å²) in [7, 11) is 0. The fourth-order valence-corrected chi connectivity index (χ4v) is 1.09. The lowest BCUT2D eigenvalue weighted by atomic mass is 10.3. The first-order valence-electron chi connectivity index (χ1n) is 6.80. The highest BCUT2D eigenvalue weighted by Crippen LogP contribution is 1.98. The molecule has 0 rings (SSSR count). The van der Waals surface area contributed by atoms with Gasteiger partial charge in [0, 0.05) is 6.61 Å². The van der Waals surface area contributed by atoms with Crippen LogP contribution in [0.4, 0.5) is 0 Å². The monoisotopic (exact) mass is 274 g/mol. The van der Waals surface area contributed by atoms with Crippen LogP contribution < -0.4 is 0 Å². The van der Waals surface area contributed by atoms with E-state index in [2.05, 4.69) is 13.5 Å². The first-order chi connectivity index (χ1) is 9.22. The maximum absolute atomic E-state index is 11.4. The van der Waals surface area contributed by atoms with Crippen LogP contribution in [0, 0.1) is 0 Å². The maximum atomic E-state index is 11.4. The van der Waals surface area contributed by atoms with Crippen molar-refractivity contribution in [3.8, 4) is 0 Å². The third-order valence-electron chi connectivity index (χ3n) is 2.27. The van der Waals surface area contributed by atoms with Crippen molar-refractivity contribution in [1.82, 2.24) is 0 Å². The molecule has 5 heteroatoms. The van der Waals surface area contributed by atoms with Crippen molar-refractivity contribution in [1.29, 1.82) is 0 Å². The van der Waals surface area contributed by atoms with Gasteiger partial charge in [0.05, 0.1) is 18.8 Å². The summed E-state index contributed by atoms with van der Waals surface area (Å²) in [5, 5.41) is 0. The Hall–Kier alpha value is -0.910. The predicted molar refractivity (Wildman–Crippen MR) is 72.6 cm³/mol. The van der Waals surface area contributed by atoms with Gasteiger partial charge < -0.3 is 18.9 Å². The van der Waals surface area contributed by atoms with Crippen molar-refractivity contribution in [2.45, 2.75) is 39.5 Å². The molecule has 0 aliphatic carbocycles. The van der Waals surface area contributed by atoms with Crippen molar-refractivity contribution in [3.63, 3.8) is 0 Å². The summed E-state index contributed by atoms with van der Waals surface area (Å²) in [5.74, 6) is -0.410. The number of esters is 1. The van der Waals surface area contributed by atoms with Gasteiger partial charge in [-0.25, -0.2) is 4.79 Å². The van der Waals surface area contributed by atoms with Gasteiger partial charge in [-0.2, -0.15) is 0 Å². The number of carbonyl (C=O) groups excluding carboxylic acids is 1. The van der Waals surface area contributed by atoms with Crippen molar-refractivity contribution < 1.29 is 23.7 Å². The van der Waals surface area contributed by atoms with Crippen molar-refractivity contribution in [3.05, 3.63) is 12.2 Å². The molecule has 0 aliphatic rings. The summed E-state index contributed by atoms with van der Waals surface area (Å²) in [5.41, 5.74) is 0.298. The molecule has 0 saturated heterocycles. The van der Waals surface area contributed by atoms with E-state index in [1.165, 1.54) is 0 Å². The lowest BCUT2D eigenvalue weighted by molar-refractivity contribution is -0.143. The van der Waals surface area contributed by atoms with Gasteiger partial charge in [0.25, 0.3) is 0 Å². The van der Waals surface area contributed by atoms with E-state index in [0.29, 0.717) is 18.8 Å². The molecular formula is C14H26O5. The second-order valence-electron chi connectivity index (χ2n) is 4.14. The molecule has 0 radical (unpaired) electrons. The molecule has 0 N–H and O–H groups in total. The lowest BCUT2D eigenvalue weighted by Crippen LogP contribution is -2.14. The van der Waals surface area contributed by atoms with Gasteiger partial charge in [-0.15, -0.1) is 0 Å². The molecule has 0 amide bonds. The van der Waals surface area contributed by atoms with Crippen LogP contribution in [0.15, 0.2) is 12.2 Å². The van der Waals surface area contributed by atoms with Gasteiger partial charge in [0.2, 0.25) is 0 Å². The molecule has 0 fully saturated rings. The average Bonchev–Trinajstić information content (AvgIpc) is 2.41. The molecule has 0 aromatic carbocycles. The average molecular weight is 274 g/mol. The van der Waals surface area contributed by atoms with E-state index in [9.17, 15) is 4.79 Å². The predicted octanol–water partition coefficient (Wildman–Crippen LogP) is 2.65. The van der Waals surface area contributed by atoms with Gasteiger partial charge in [0.1, 0.15) is 13.6 Å². The molecule has 0 aromatic heterocycles. The zero-order valence-corrected chi connectivity index (χ0v) is 12.1. The van der Waals surface area contributed by atoms with E-state index < -0.39 is 5.97 Å². The summed E-state index contributed by atoms with van der Waals surface area (Å²) >= 11 is 0. The van der Waals surface area contributed by atoms with Crippen LogP contribution in [-0.2, 0) is 23.7 Å². The Balaban J connectivity index is 3.35. The van der Waals surface area contributed by atoms with Gasteiger partial charge in [0.15, 0.2) is 0 Å². The van der Waals surface area contributed by atoms with Gasteiger partial charge >= 0.3 is 5.97 Å². The molecule has 0 heterocycles. The van der Waals surface area contributed by atoms with Crippen LogP contribution in [0.3, 0.4) is 0 Å². The molecule has 0 aliphatic heterocycles. The smallest absolute Gasteiger partial charge is 0.335 e. The molecule has 112 valence electrons. The molecule has 0 aromatic rings. The fourth-order valence-electron chi connectivity index (χ4n) is 1.09. The SMILES string of the molecule is C=C(COCOCOCCCC)C(=O)OCCCC. The zero-order chi connectivity index (χ0) is 14.3. The second-order valence-corrected chi connectivity index (χ2v) is 4.14. The van der Waals surface area contributed by atoms with Crippen molar-refractivity contribution >= 4 is 5.97 Å². The van der Waals surface area contributed by atoms with Crippen LogP contribution in [0.25, 0.3) is 0 Å². The lowest BCUT2D eigenvalue weighted by Gasteiger charge is -2.08. The molecule has 0 bridgehead atoms. The maximum Gasteiger partial charge on any atom is 0.335 e. The molecule has 0 atom stereocenters. The highest BCUT2D eigenvalue weighted by molar-refractivity contribution is 5.87. The largest absolute Gasteiger partial charge is 0.462 e. The van der Waals surface area contributed by atoms with Crippen molar-refractivity contribution in [2.75, 3.05) is 33.4 Å². The normalized spacial score (nSPS) is 10.4. The van der Waals surface area contributed by atoms with E-state index in [1.54, 1.807) is 0 Å². The fraction of sp³-hybridized carbons (Fsp3) is 0.786. The van der Waals surface area contributed by atoms with Crippen molar-refractivity contribution in [2.24, 2.45) is 0 Å². The Bertz CT molecular complexity index is 240.